The molecule has 9 heteroatoms. The first-order valence-electron chi connectivity index (χ1n) is 8.69. The largest absolute Gasteiger partial charge is 0.357 e. The van der Waals surface area contributed by atoms with Gasteiger partial charge >= 0.3 is 0 Å². The number of aromatic nitrogens is 1. The molecule has 1 aliphatic rings. The van der Waals surface area contributed by atoms with E-state index >= 15 is 0 Å². The quantitative estimate of drug-likeness (QED) is 0.570. The van der Waals surface area contributed by atoms with Crippen molar-refractivity contribution in [2.75, 3.05) is 32.4 Å². The molecule has 7 nitrogen and oxygen atoms in total. The highest BCUT2D eigenvalue weighted by atomic mass is 32.2. The number of aliphatic imine (C=N–C) groups is 1. The molecule has 0 aliphatic carbocycles. The lowest BCUT2D eigenvalue weighted by Gasteiger charge is -2.30. The molecule has 0 atom stereocenters. The van der Waals surface area contributed by atoms with Crippen molar-refractivity contribution in [1.82, 2.24) is 19.9 Å². The number of sulfonamides is 1. The summed E-state index contributed by atoms with van der Waals surface area (Å²) in [7, 11) is -3.06. The number of hydrogen-bond acceptors (Lipinski definition) is 5. The van der Waals surface area contributed by atoms with E-state index in [9.17, 15) is 8.42 Å². The third kappa shape index (κ3) is 6.23. The Hall–Kier alpha value is -1.19. The summed E-state index contributed by atoms with van der Waals surface area (Å²) < 4.78 is 24.7. The van der Waals surface area contributed by atoms with E-state index in [0.29, 0.717) is 25.6 Å². The molecule has 2 N–H and O–H groups in total. The summed E-state index contributed by atoms with van der Waals surface area (Å²) in [4.78, 5) is 10.4. The van der Waals surface area contributed by atoms with Crippen molar-refractivity contribution in [3.63, 3.8) is 0 Å². The summed E-state index contributed by atoms with van der Waals surface area (Å²) in [6.07, 6.45) is 3.04. The summed E-state index contributed by atoms with van der Waals surface area (Å²) in [5.41, 5.74) is 1.07. The van der Waals surface area contributed by atoms with Crippen molar-refractivity contribution in [2.45, 2.75) is 40.2 Å². The van der Waals surface area contributed by atoms with Crippen molar-refractivity contribution < 1.29 is 8.42 Å². The number of piperidine rings is 1. The van der Waals surface area contributed by atoms with Gasteiger partial charge in [0.25, 0.3) is 0 Å². The Morgan fingerprint density at radius 1 is 1.32 bits per heavy atom. The Labute approximate surface area is 155 Å². The van der Waals surface area contributed by atoms with Crippen molar-refractivity contribution in [2.24, 2.45) is 10.9 Å². The van der Waals surface area contributed by atoms with Crippen LogP contribution >= 0.6 is 11.3 Å². The molecule has 0 amide bonds. The molecule has 142 valence electrons. The Kier molecular flexibility index (Phi) is 7.21. The molecule has 0 saturated carbocycles. The van der Waals surface area contributed by atoms with Crippen LogP contribution in [-0.2, 0) is 16.6 Å². The van der Waals surface area contributed by atoms with Crippen LogP contribution in [0.15, 0.2) is 4.99 Å². The highest BCUT2D eigenvalue weighted by molar-refractivity contribution is 7.88. The van der Waals surface area contributed by atoms with Crippen LogP contribution in [0.1, 0.15) is 35.3 Å². The SMILES string of the molecule is CCNC(=NCc1nc(C)c(C)s1)NCC1CCN(S(C)(=O)=O)CC1. The number of rotatable bonds is 6. The van der Waals surface area contributed by atoms with Gasteiger partial charge in [0, 0.05) is 31.1 Å². The van der Waals surface area contributed by atoms with Crippen LogP contribution in [0, 0.1) is 19.8 Å². The summed E-state index contributed by atoms with van der Waals surface area (Å²) in [5.74, 6) is 1.25. The number of thiazole rings is 1. The van der Waals surface area contributed by atoms with Gasteiger partial charge in [0.2, 0.25) is 10.0 Å². The van der Waals surface area contributed by atoms with Crippen molar-refractivity contribution in [1.29, 1.82) is 0 Å². The molecular weight excluding hydrogens is 358 g/mol. The lowest BCUT2D eigenvalue weighted by Crippen LogP contribution is -2.44. The number of nitrogens with one attached hydrogen (secondary N) is 2. The predicted molar refractivity (Wildman–Crippen MR) is 104 cm³/mol. The van der Waals surface area contributed by atoms with Gasteiger partial charge in [-0.1, -0.05) is 0 Å². The van der Waals surface area contributed by atoms with Crippen molar-refractivity contribution >= 4 is 27.3 Å². The maximum absolute atomic E-state index is 11.6. The molecular formula is C16H29N5O2S2. The zero-order valence-corrected chi connectivity index (χ0v) is 17.1. The maximum Gasteiger partial charge on any atom is 0.211 e. The fraction of sp³-hybridized carbons (Fsp3) is 0.750. The third-order valence-corrected chi connectivity index (χ3v) is 6.75. The molecule has 1 aliphatic heterocycles. The fourth-order valence-corrected chi connectivity index (χ4v) is 4.51. The van der Waals surface area contributed by atoms with Gasteiger partial charge in [0.1, 0.15) is 5.01 Å². The highest BCUT2D eigenvalue weighted by Crippen LogP contribution is 2.19. The van der Waals surface area contributed by atoms with E-state index < -0.39 is 10.0 Å². The molecule has 1 saturated heterocycles. The van der Waals surface area contributed by atoms with E-state index in [2.05, 4.69) is 27.5 Å². The van der Waals surface area contributed by atoms with Crippen LogP contribution in [0.25, 0.3) is 0 Å². The Bertz CT molecular complexity index is 672. The predicted octanol–water partition coefficient (Wildman–Crippen LogP) is 1.49. The van der Waals surface area contributed by atoms with E-state index in [1.807, 2.05) is 13.8 Å². The van der Waals surface area contributed by atoms with Crippen molar-refractivity contribution in [3.05, 3.63) is 15.6 Å². The summed E-state index contributed by atoms with van der Waals surface area (Å²) in [6, 6.07) is 0. The summed E-state index contributed by atoms with van der Waals surface area (Å²) in [6.45, 7) is 9.53. The molecule has 0 radical (unpaired) electrons. The van der Waals surface area contributed by atoms with Gasteiger partial charge in [-0.3, -0.25) is 0 Å². The lowest BCUT2D eigenvalue weighted by molar-refractivity contribution is 0.275. The van der Waals surface area contributed by atoms with E-state index in [1.54, 1.807) is 15.6 Å². The second kappa shape index (κ2) is 8.95. The minimum atomic E-state index is -3.06. The smallest absolute Gasteiger partial charge is 0.211 e. The number of nitrogens with zero attached hydrogens (tertiary/aromatic N) is 3. The Balaban J connectivity index is 1.84. The van der Waals surface area contributed by atoms with Gasteiger partial charge in [-0.25, -0.2) is 22.7 Å². The highest BCUT2D eigenvalue weighted by Gasteiger charge is 2.24. The standard InChI is InChI=1S/C16H29N5O2S2/c1-5-17-16(19-11-15-20-12(2)13(3)24-15)18-10-14-6-8-21(9-7-14)25(4,22)23/h14H,5-11H2,1-4H3,(H2,17,18,19). The second-order valence-corrected chi connectivity index (χ2v) is 9.70. The maximum atomic E-state index is 11.6. The minimum Gasteiger partial charge on any atom is -0.357 e. The molecule has 2 rings (SSSR count). The zero-order chi connectivity index (χ0) is 18.4. The third-order valence-electron chi connectivity index (χ3n) is 4.39. The monoisotopic (exact) mass is 387 g/mol. The molecule has 1 aromatic heterocycles. The summed E-state index contributed by atoms with van der Waals surface area (Å²) >= 11 is 1.69. The average molecular weight is 388 g/mol. The Morgan fingerprint density at radius 3 is 2.52 bits per heavy atom. The van der Waals surface area contributed by atoms with Gasteiger partial charge in [0.05, 0.1) is 18.5 Å². The van der Waals surface area contributed by atoms with Gasteiger partial charge in [0.15, 0.2) is 5.96 Å². The summed E-state index contributed by atoms with van der Waals surface area (Å²) in [5, 5.41) is 7.66. The van der Waals surface area contributed by atoms with E-state index in [4.69, 9.17) is 0 Å². The molecule has 0 bridgehead atoms. The molecule has 25 heavy (non-hydrogen) atoms. The molecule has 0 aromatic carbocycles. The zero-order valence-electron chi connectivity index (χ0n) is 15.5. The molecule has 1 fully saturated rings. The van der Waals surface area contributed by atoms with E-state index in [1.165, 1.54) is 11.1 Å². The molecule has 2 heterocycles. The van der Waals surface area contributed by atoms with Gasteiger partial charge < -0.3 is 10.6 Å². The normalized spacial score (nSPS) is 17.7. The molecule has 0 unspecified atom stereocenters. The van der Waals surface area contributed by atoms with Crippen LogP contribution < -0.4 is 10.6 Å². The van der Waals surface area contributed by atoms with Crippen LogP contribution in [0.2, 0.25) is 0 Å². The fourth-order valence-electron chi connectivity index (χ4n) is 2.78. The second-order valence-electron chi connectivity index (χ2n) is 6.43. The first-order valence-corrected chi connectivity index (χ1v) is 11.4. The van der Waals surface area contributed by atoms with E-state index in [0.717, 1.165) is 42.6 Å². The number of hydrogen-bond donors (Lipinski definition) is 2. The van der Waals surface area contributed by atoms with Gasteiger partial charge in [-0.2, -0.15) is 0 Å². The van der Waals surface area contributed by atoms with Gasteiger partial charge in [-0.15, -0.1) is 11.3 Å². The van der Waals surface area contributed by atoms with Crippen LogP contribution in [0.3, 0.4) is 0 Å². The Morgan fingerprint density at radius 2 is 2.00 bits per heavy atom. The van der Waals surface area contributed by atoms with Crippen LogP contribution in [0.5, 0.6) is 0 Å². The van der Waals surface area contributed by atoms with Crippen LogP contribution in [-0.4, -0.2) is 56.1 Å². The molecule has 1 aromatic rings. The number of aryl methyl sites for hydroxylation is 2. The lowest BCUT2D eigenvalue weighted by atomic mass is 9.98. The average Bonchev–Trinajstić information content (AvgIpc) is 2.88. The van der Waals surface area contributed by atoms with Gasteiger partial charge in [-0.05, 0) is 39.5 Å². The van der Waals surface area contributed by atoms with Crippen LogP contribution in [0.4, 0.5) is 0 Å². The number of guanidine groups is 1. The minimum absolute atomic E-state index is 0.464. The van der Waals surface area contributed by atoms with E-state index in [-0.39, 0.29) is 0 Å². The topological polar surface area (TPSA) is 86.7 Å². The van der Waals surface area contributed by atoms with Crippen molar-refractivity contribution in [3.8, 4) is 0 Å². The molecule has 0 spiro atoms. The first-order chi connectivity index (χ1) is 11.8. The first kappa shape index (κ1) is 20.1.